The number of Topliss-reactive ketones (excluding diaryl/α,β-unsaturated/α-hetero) is 2. The van der Waals surface area contributed by atoms with Crippen molar-refractivity contribution in [2.45, 2.75) is 25.7 Å². The zero-order valence-corrected chi connectivity index (χ0v) is 19.7. The Bertz CT molecular complexity index is 1440. The summed E-state index contributed by atoms with van der Waals surface area (Å²) in [6.45, 7) is 0. The van der Waals surface area contributed by atoms with Gasteiger partial charge in [0.2, 0.25) is 0 Å². The molecule has 1 heterocycles. The molecule has 4 aromatic rings. The van der Waals surface area contributed by atoms with Gasteiger partial charge in [-0.15, -0.1) is 0 Å². The Balaban J connectivity index is 1.27. The topological polar surface area (TPSA) is 85.7 Å². The lowest BCUT2D eigenvalue weighted by molar-refractivity contribution is -0.133. The van der Waals surface area contributed by atoms with Gasteiger partial charge in [-0.25, -0.2) is 4.39 Å². The average Bonchev–Trinajstić information content (AvgIpc) is 3.69. The van der Waals surface area contributed by atoms with Crippen molar-refractivity contribution in [2.24, 2.45) is 5.41 Å². The first-order chi connectivity index (χ1) is 17.4. The molecule has 1 fully saturated rings. The lowest BCUT2D eigenvalue weighted by atomic mass is 9.88. The van der Waals surface area contributed by atoms with Gasteiger partial charge < -0.3 is 14.6 Å². The van der Waals surface area contributed by atoms with Crippen LogP contribution >= 0.6 is 0 Å². The molecule has 0 unspecified atom stereocenters. The molecule has 1 aliphatic carbocycles. The van der Waals surface area contributed by atoms with E-state index in [1.54, 1.807) is 42.6 Å². The van der Waals surface area contributed by atoms with E-state index in [0.29, 0.717) is 46.6 Å². The van der Waals surface area contributed by atoms with Crippen LogP contribution in [0.1, 0.15) is 24.0 Å². The van der Waals surface area contributed by atoms with E-state index in [-0.39, 0.29) is 36.0 Å². The van der Waals surface area contributed by atoms with Crippen molar-refractivity contribution in [2.75, 3.05) is 7.11 Å². The van der Waals surface area contributed by atoms with Gasteiger partial charge in [-0.1, -0.05) is 24.3 Å². The SMILES string of the molecule is COc1cc2c(Oc3ccc(CC(=O)C4(C(=O)Cc5ccc(F)cc5)CC4)cc3)ccnc2cc1O. The van der Waals surface area contributed by atoms with Gasteiger partial charge in [0.15, 0.2) is 23.1 Å². The van der Waals surface area contributed by atoms with Gasteiger partial charge in [-0.3, -0.25) is 14.6 Å². The van der Waals surface area contributed by atoms with Gasteiger partial charge in [0.25, 0.3) is 0 Å². The normalized spacial score (nSPS) is 13.8. The molecule has 1 aliphatic rings. The largest absolute Gasteiger partial charge is 0.504 e. The zero-order valence-electron chi connectivity index (χ0n) is 19.7. The molecular weight excluding hydrogens is 461 g/mol. The predicted octanol–water partition coefficient (Wildman–Crippen LogP) is 5.58. The van der Waals surface area contributed by atoms with E-state index in [1.165, 1.54) is 25.3 Å². The monoisotopic (exact) mass is 485 g/mol. The molecule has 0 bridgehead atoms. The van der Waals surface area contributed by atoms with Gasteiger partial charge in [0, 0.05) is 30.5 Å². The van der Waals surface area contributed by atoms with E-state index >= 15 is 0 Å². The third kappa shape index (κ3) is 4.64. The highest BCUT2D eigenvalue weighted by Crippen LogP contribution is 2.49. The third-order valence-electron chi connectivity index (χ3n) is 6.61. The molecule has 36 heavy (non-hydrogen) atoms. The van der Waals surface area contributed by atoms with Crippen LogP contribution in [0.5, 0.6) is 23.0 Å². The molecule has 5 rings (SSSR count). The van der Waals surface area contributed by atoms with Crippen LogP contribution < -0.4 is 9.47 Å². The maximum Gasteiger partial charge on any atom is 0.161 e. The Morgan fingerprint density at radius 1 is 0.917 bits per heavy atom. The number of phenols is 1. The number of fused-ring (bicyclic) bond motifs is 1. The van der Waals surface area contributed by atoms with E-state index in [0.717, 1.165) is 5.56 Å². The number of halogens is 1. The summed E-state index contributed by atoms with van der Waals surface area (Å²) in [4.78, 5) is 30.2. The highest BCUT2D eigenvalue weighted by Gasteiger charge is 2.54. The van der Waals surface area contributed by atoms with Crippen LogP contribution in [0.4, 0.5) is 4.39 Å². The molecule has 0 spiro atoms. The third-order valence-corrected chi connectivity index (χ3v) is 6.61. The number of carbonyl (C=O) groups excluding carboxylic acids is 2. The molecule has 182 valence electrons. The Kier molecular flexibility index (Phi) is 6.14. The molecule has 1 aromatic heterocycles. The van der Waals surface area contributed by atoms with Crippen molar-refractivity contribution in [3.63, 3.8) is 0 Å². The summed E-state index contributed by atoms with van der Waals surface area (Å²) in [6.07, 6.45) is 2.99. The summed E-state index contributed by atoms with van der Waals surface area (Å²) in [5.74, 6) is 0.877. The molecule has 0 aliphatic heterocycles. The second-order valence-corrected chi connectivity index (χ2v) is 9.00. The summed E-state index contributed by atoms with van der Waals surface area (Å²) in [5, 5.41) is 10.7. The summed E-state index contributed by atoms with van der Waals surface area (Å²) in [6, 6.07) is 17.9. The number of ether oxygens (including phenoxy) is 2. The quantitative estimate of drug-likeness (QED) is 0.311. The minimum Gasteiger partial charge on any atom is -0.504 e. The number of benzene rings is 3. The number of phenolic OH excluding ortho intramolecular Hbond substituents is 1. The Labute approximate surface area is 207 Å². The fourth-order valence-corrected chi connectivity index (χ4v) is 4.34. The van der Waals surface area contributed by atoms with Crippen LogP contribution in [0, 0.1) is 11.2 Å². The molecule has 1 saturated carbocycles. The van der Waals surface area contributed by atoms with Crippen LogP contribution in [-0.4, -0.2) is 28.8 Å². The van der Waals surface area contributed by atoms with Crippen molar-refractivity contribution in [3.05, 3.63) is 89.9 Å². The standard InChI is InChI=1S/C29H24FNO5/c1-35-26-16-22-23(17-24(26)32)31-13-10-25(22)36-21-8-4-19(5-9-21)15-28(34)29(11-12-29)27(33)14-18-2-6-20(30)7-3-18/h2-10,13,16-17,32H,11-12,14-15H2,1H3. The van der Waals surface area contributed by atoms with Crippen molar-refractivity contribution in [1.29, 1.82) is 0 Å². The minimum atomic E-state index is -0.926. The molecule has 0 atom stereocenters. The maximum absolute atomic E-state index is 13.1. The van der Waals surface area contributed by atoms with E-state index in [9.17, 15) is 19.1 Å². The summed E-state index contributed by atoms with van der Waals surface area (Å²) in [7, 11) is 1.47. The second kappa shape index (κ2) is 9.41. The highest BCUT2D eigenvalue weighted by atomic mass is 19.1. The fourth-order valence-electron chi connectivity index (χ4n) is 4.34. The zero-order chi connectivity index (χ0) is 25.3. The lowest BCUT2D eigenvalue weighted by Crippen LogP contribution is -2.28. The van der Waals surface area contributed by atoms with Gasteiger partial charge >= 0.3 is 0 Å². The minimum absolute atomic E-state index is 0.00625. The van der Waals surface area contributed by atoms with E-state index < -0.39 is 5.41 Å². The highest BCUT2D eigenvalue weighted by molar-refractivity contribution is 6.10. The first-order valence-corrected chi connectivity index (χ1v) is 11.6. The van der Waals surface area contributed by atoms with Crippen LogP contribution in [0.3, 0.4) is 0 Å². The molecule has 0 saturated heterocycles. The second-order valence-electron chi connectivity index (χ2n) is 9.00. The van der Waals surface area contributed by atoms with Crippen molar-refractivity contribution < 1.29 is 28.6 Å². The van der Waals surface area contributed by atoms with Gasteiger partial charge in [-0.2, -0.15) is 0 Å². The molecule has 7 heteroatoms. The van der Waals surface area contributed by atoms with Gasteiger partial charge in [-0.05, 0) is 60.4 Å². The number of aromatic hydroxyl groups is 1. The average molecular weight is 486 g/mol. The Morgan fingerprint density at radius 3 is 2.11 bits per heavy atom. The Hall–Kier alpha value is -4.26. The van der Waals surface area contributed by atoms with Crippen LogP contribution in [0.25, 0.3) is 10.9 Å². The summed E-state index contributed by atoms with van der Waals surface area (Å²) >= 11 is 0. The van der Waals surface area contributed by atoms with E-state index in [4.69, 9.17) is 9.47 Å². The number of hydrogen-bond donors (Lipinski definition) is 1. The number of nitrogens with zero attached hydrogens (tertiary/aromatic N) is 1. The van der Waals surface area contributed by atoms with Crippen LogP contribution in [0.2, 0.25) is 0 Å². The first-order valence-electron chi connectivity index (χ1n) is 11.6. The van der Waals surface area contributed by atoms with E-state index in [2.05, 4.69) is 4.98 Å². The molecule has 6 nitrogen and oxygen atoms in total. The molecule has 3 aromatic carbocycles. The molecular formula is C29H24FNO5. The van der Waals surface area contributed by atoms with Gasteiger partial charge in [0.1, 0.15) is 17.3 Å². The van der Waals surface area contributed by atoms with Crippen LogP contribution in [-0.2, 0) is 22.4 Å². The summed E-state index contributed by atoms with van der Waals surface area (Å²) < 4.78 is 24.4. The molecule has 1 N–H and O–H groups in total. The number of rotatable bonds is 9. The molecule has 0 radical (unpaired) electrons. The number of aromatic nitrogens is 1. The smallest absolute Gasteiger partial charge is 0.161 e. The number of carbonyl (C=O) groups is 2. The Morgan fingerprint density at radius 2 is 1.53 bits per heavy atom. The summed E-state index contributed by atoms with van der Waals surface area (Å²) in [5.41, 5.74) is 1.13. The predicted molar refractivity (Wildman–Crippen MR) is 132 cm³/mol. The van der Waals surface area contributed by atoms with Crippen molar-refractivity contribution >= 4 is 22.5 Å². The lowest BCUT2D eigenvalue weighted by Gasteiger charge is -2.14. The number of hydrogen-bond acceptors (Lipinski definition) is 6. The van der Waals surface area contributed by atoms with Gasteiger partial charge in [0.05, 0.1) is 18.0 Å². The van der Waals surface area contributed by atoms with E-state index in [1.807, 2.05) is 12.1 Å². The fraction of sp³-hybridized carbons (Fsp3) is 0.207. The maximum atomic E-state index is 13.1. The van der Waals surface area contributed by atoms with Crippen molar-refractivity contribution in [1.82, 2.24) is 4.98 Å². The first kappa shape index (κ1) is 23.5. The van der Waals surface area contributed by atoms with Crippen molar-refractivity contribution in [3.8, 4) is 23.0 Å². The number of pyridine rings is 1. The number of ketones is 2. The number of methoxy groups -OCH3 is 1. The molecule has 0 amide bonds. The van der Waals surface area contributed by atoms with Crippen LogP contribution in [0.15, 0.2) is 72.9 Å².